The van der Waals surface area contributed by atoms with Crippen molar-refractivity contribution in [3.8, 4) is 0 Å². The van der Waals surface area contributed by atoms with Gasteiger partial charge in [0.15, 0.2) is 0 Å². The number of hydrogen-bond acceptors (Lipinski definition) is 3. The van der Waals surface area contributed by atoms with Gasteiger partial charge < -0.3 is 15.0 Å². The van der Waals surface area contributed by atoms with Gasteiger partial charge in [-0.1, -0.05) is 0 Å². The van der Waals surface area contributed by atoms with E-state index in [4.69, 9.17) is 4.74 Å². The van der Waals surface area contributed by atoms with E-state index in [2.05, 4.69) is 24.1 Å². The van der Waals surface area contributed by atoms with Crippen LogP contribution < -0.4 is 5.32 Å². The lowest BCUT2D eigenvalue weighted by atomic mass is 10.1. The summed E-state index contributed by atoms with van der Waals surface area (Å²) in [4.78, 5) is 2.53. The zero-order valence-electron chi connectivity index (χ0n) is 9.97. The fraction of sp³-hybridized carbons (Fsp3) is 1.00. The van der Waals surface area contributed by atoms with Crippen LogP contribution in [0.3, 0.4) is 0 Å². The molecule has 0 bridgehead atoms. The maximum atomic E-state index is 5.19. The van der Waals surface area contributed by atoms with Crippen LogP contribution in [-0.2, 0) is 4.74 Å². The lowest BCUT2D eigenvalue weighted by Gasteiger charge is -2.29. The molecule has 0 spiro atoms. The van der Waals surface area contributed by atoms with Crippen LogP contribution >= 0.6 is 0 Å². The second-order valence-corrected chi connectivity index (χ2v) is 4.98. The SMILES string of the molecule is CNC(C)(C)CN1CCC(COC)C1. The summed E-state index contributed by atoms with van der Waals surface area (Å²) >= 11 is 0. The van der Waals surface area contributed by atoms with Crippen LogP contribution in [0.5, 0.6) is 0 Å². The zero-order chi connectivity index (χ0) is 10.6. The molecule has 0 saturated carbocycles. The predicted molar refractivity (Wildman–Crippen MR) is 59.6 cm³/mol. The third-order valence-corrected chi connectivity index (χ3v) is 3.07. The largest absolute Gasteiger partial charge is 0.384 e. The fourth-order valence-corrected chi connectivity index (χ4v) is 2.07. The second kappa shape index (κ2) is 5.10. The van der Waals surface area contributed by atoms with Crippen molar-refractivity contribution >= 4 is 0 Å². The standard InChI is InChI=1S/C11H24N2O/c1-11(2,12-3)9-13-6-5-10(7-13)8-14-4/h10,12H,5-9H2,1-4H3. The van der Waals surface area contributed by atoms with Crippen molar-refractivity contribution < 1.29 is 4.74 Å². The van der Waals surface area contributed by atoms with Crippen LogP contribution in [0, 0.1) is 5.92 Å². The Morgan fingerprint density at radius 3 is 2.79 bits per heavy atom. The van der Waals surface area contributed by atoms with E-state index < -0.39 is 0 Å². The molecule has 0 amide bonds. The van der Waals surface area contributed by atoms with Crippen LogP contribution in [0.15, 0.2) is 0 Å². The van der Waals surface area contributed by atoms with Gasteiger partial charge in [-0.3, -0.25) is 0 Å². The van der Waals surface area contributed by atoms with E-state index in [9.17, 15) is 0 Å². The Morgan fingerprint density at radius 1 is 1.50 bits per heavy atom. The molecular formula is C11H24N2O. The molecule has 1 aliphatic rings. The first-order valence-electron chi connectivity index (χ1n) is 5.47. The van der Waals surface area contributed by atoms with E-state index in [1.54, 1.807) is 7.11 Å². The minimum atomic E-state index is 0.224. The first-order valence-corrected chi connectivity index (χ1v) is 5.47. The summed E-state index contributed by atoms with van der Waals surface area (Å²) in [5.41, 5.74) is 0.224. The summed E-state index contributed by atoms with van der Waals surface area (Å²) in [6, 6.07) is 0. The van der Waals surface area contributed by atoms with Gasteiger partial charge in [-0.2, -0.15) is 0 Å². The number of likely N-dealkylation sites (tertiary alicyclic amines) is 1. The number of rotatable bonds is 5. The van der Waals surface area contributed by atoms with Crippen molar-refractivity contribution in [2.75, 3.05) is 40.4 Å². The summed E-state index contributed by atoms with van der Waals surface area (Å²) in [5.74, 6) is 0.743. The van der Waals surface area contributed by atoms with Crippen molar-refractivity contribution in [3.05, 3.63) is 0 Å². The second-order valence-electron chi connectivity index (χ2n) is 4.98. The number of methoxy groups -OCH3 is 1. The number of nitrogens with zero attached hydrogens (tertiary/aromatic N) is 1. The molecule has 1 unspecified atom stereocenters. The third-order valence-electron chi connectivity index (χ3n) is 3.07. The molecule has 1 rings (SSSR count). The Bertz CT molecular complexity index is 171. The molecule has 14 heavy (non-hydrogen) atoms. The molecule has 0 aromatic rings. The van der Waals surface area contributed by atoms with Gasteiger partial charge in [0.25, 0.3) is 0 Å². The highest BCUT2D eigenvalue weighted by atomic mass is 16.5. The quantitative estimate of drug-likeness (QED) is 0.715. The number of hydrogen-bond donors (Lipinski definition) is 1. The Kier molecular flexibility index (Phi) is 4.35. The van der Waals surface area contributed by atoms with Crippen molar-refractivity contribution in [1.82, 2.24) is 10.2 Å². The van der Waals surface area contributed by atoms with E-state index in [0.29, 0.717) is 0 Å². The first kappa shape index (κ1) is 12.0. The minimum absolute atomic E-state index is 0.224. The van der Waals surface area contributed by atoms with E-state index >= 15 is 0 Å². The van der Waals surface area contributed by atoms with E-state index in [0.717, 1.165) is 19.1 Å². The smallest absolute Gasteiger partial charge is 0.0503 e. The monoisotopic (exact) mass is 200 g/mol. The molecule has 1 fully saturated rings. The van der Waals surface area contributed by atoms with E-state index in [-0.39, 0.29) is 5.54 Å². The number of likely N-dealkylation sites (N-methyl/N-ethyl adjacent to an activating group) is 1. The number of ether oxygens (including phenoxy) is 1. The highest BCUT2D eigenvalue weighted by Crippen LogP contribution is 2.18. The average molecular weight is 200 g/mol. The zero-order valence-corrected chi connectivity index (χ0v) is 9.97. The average Bonchev–Trinajstić information content (AvgIpc) is 2.53. The molecule has 1 aliphatic heterocycles. The summed E-state index contributed by atoms with van der Waals surface area (Å²) in [5, 5.41) is 3.34. The normalized spacial score (nSPS) is 24.4. The van der Waals surface area contributed by atoms with Gasteiger partial charge in [-0.25, -0.2) is 0 Å². The molecule has 3 heteroatoms. The molecule has 3 nitrogen and oxygen atoms in total. The van der Waals surface area contributed by atoms with Gasteiger partial charge in [0.2, 0.25) is 0 Å². The van der Waals surface area contributed by atoms with Crippen molar-refractivity contribution in [3.63, 3.8) is 0 Å². The molecule has 0 aromatic heterocycles. The van der Waals surface area contributed by atoms with E-state index in [1.807, 2.05) is 7.05 Å². The molecule has 0 aromatic carbocycles. The Morgan fingerprint density at radius 2 is 2.21 bits per heavy atom. The molecule has 0 aliphatic carbocycles. The summed E-state index contributed by atoms with van der Waals surface area (Å²) in [7, 11) is 3.82. The lowest BCUT2D eigenvalue weighted by Crippen LogP contribution is -2.46. The summed E-state index contributed by atoms with van der Waals surface area (Å²) in [6.07, 6.45) is 1.29. The fourth-order valence-electron chi connectivity index (χ4n) is 2.07. The van der Waals surface area contributed by atoms with Gasteiger partial charge in [0.05, 0.1) is 6.61 Å². The first-order chi connectivity index (χ1) is 6.57. The highest BCUT2D eigenvalue weighted by molar-refractivity contribution is 4.84. The van der Waals surface area contributed by atoms with Crippen LogP contribution in [0.25, 0.3) is 0 Å². The highest BCUT2D eigenvalue weighted by Gasteiger charge is 2.26. The molecule has 1 N–H and O–H groups in total. The third kappa shape index (κ3) is 3.56. The van der Waals surface area contributed by atoms with Gasteiger partial charge in [0, 0.05) is 25.7 Å². The van der Waals surface area contributed by atoms with Gasteiger partial charge in [-0.05, 0) is 39.8 Å². The van der Waals surface area contributed by atoms with Crippen molar-refractivity contribution in [1.29, 1.82) is 0 Å². The van der Waals surface area contributed by atoms with Crippen molar-refractivity contribution in [2.45, 2.75) is 25.8 Å². The van der Waals surface area contributed by atoms with E-state index in [1.165, 1.54) is 19.5 Å². The Hall–Kier alpha value is -0.120. The summed E-state index contributed by atoms with van der Waals surface area (Å²) < 4.78 is 5.19. The molecule has 1 saturated heterocycles. The Labute approximate surface area is 87.8 Å². The Balaban J connectivity index is 2.28. The predicted octanol–water partition coefficient (Wildman–Crippen LogP) is 0.953. The lowest BCUT2D eigenvalue weighted by molar-refractivity contribution is 0.149. The molecule has 84 valence electrons. The summed E-state index contributed by atoms with van der Waals surface area (Å²) in [6.45, 7) is 8.95. The topological polar surface area (TPSA) is 24.5 Å². The van der Waals surface area contributed by atoms with Crippen LogP contribution in [0.2, 0.25) is 0 Å². The van der Waals surface area contributed by atoms with Crippen LogP contribution in [-0.4, -0.2) is 50.8 Å². The molecule has 1 atom stereocenters. The van der Waals surface area contributed by atoms with Crippen LogP contribution in [0.4, 0.5) is 0 Å². The van der Waals surface area contributed by atoms with Gasteiger partial charge in [0.1, 0.15) is 0 Å². The maximum Gasteiger partial charge on any atom is 0.0503 e. The van der Waals surface area contributed by atoms with Gasteiger partial charge >= 0.3 is 0 Å². The van der Waals surface area contributed by atoms with Gasteiger partial charge in [-0.15, -0.1) is 0 Å². The molecule has 1 heterocycles. The minimum Gasteiger partial charge on any atom is -0.384 e. The number of nitrogens with one attached hydrogen (secondary N) is 1. The maximum absolute atomic E-state index is 5.19. The molecular weight excluding hydrogens is 176 g/mol. The molecule has 0 radical (unpaired) electrons. The van der Waals surface area contributed by atoms with Crippen LogP contribution in [0.1, 0.15) is 20.3 Å². The van der Waals surface area contributed by atoms with Crippen molar-refractivity contribution in [2.24, 2.45) is 5.92 Å².